The van der Waals surface area contributed by atoms with Crippen molar-refractivity contribution in [1.29, 1.82) is 0 Å². The minimum Gasteiger partial charge on any atom is -0.300 e. The van der Waals surface area contributed by atoms with Crippen molar-refractivity contribution in [2.75, 3.05) is 0 Å². The topological polar surface area (TPSA) is 34.1 Å². The summed E-state index contributed by atoms with van der Waals surface area (Å²) in [6, 6.07) is 2.69. The molecule has 1 aromatic rings. The van der Waals surface area contributed by atoms with E-state index < -0.39 is 17.4 Å². The Hall–Kier alpha value is -1.58. The molecule has 0 atom stereocenters. The molecule has 0 fully saturated rings. The highest BCUT2D eigenvalue weighted by Crippen LogP contribution is 2.12. The van der Waals surface area contributed by atoms with Crippen molar-refractivity contribution in [1.82, 2.24) is 0 Å². The summed E-state index contributed by atoms with van der Waals surface area (Å²) in [5.74, 6) is -2.13. The van der Waals surface area contributed by atoms with Crippen LogP contribution >= 0.6 is 0 Å². The van der Waals surface area contributed by atoms with Gasteiger partial charge in [0.05, 0.1) is 5.56 Å². The Morgan fingerprint density at radius 3 is 2.47 bits per heavy atom. The molecule has 1 aromatic carbocycles. The van der Waals surface area contributed by atoms with Gasteiger partial charge in [-0.05, 0) is 25.1 Å². The summed E-state index contributed by atoms with van der Waals surface area (Å²) in [6.07, 6.45) is -0.0372. The van der Waals surface area contributed by atoms with Crippen LogP contribution in [-0.2, 0) is 4.79 Å². The van der Waals surface area contributed by atoms with Gasteiger partial charge in [0.15, 0.2) is 5.78 Å². The summed E-state index contributed by atoms with van der Waals surface area (Å²) in [4.78, 5) is 22.0. The maximum absolute atomic E-state index is 13.1. The van der Waals surface area contributed by atoms with Crippen LogP contribution in [0.15, 0.2) is 18.2 Å². The van der Waals surface area contributed by atoms with Gasteiger partial charge >= 0.3 is 0 Å². The summed E-state index contributed by atoms with van der Waals surface area (Å²) in [5, 5.41) is 0. The first-order valence-electron chi connectivity index (χ1n) is 4.48. The molecular weight excluding hydrogens is 202 g/mol. The fraction of sp³-hybridized carbons (Fsp3) is 0.273. The van der Waals surface area contributed by atoms with Gasteiger partial charge in [-0.3, -0.25) is 4.79 Å². The quantitative estimate of drug-likeness (QED) is 0.718. The van der Waals surface area contributed by atoms with Crippen molar-refractivity contribution >= 4 is 11.6 Å². The molecule has 0 radical (unpaired) electrons. The SMILES string of the molecule is CC(=O)CCC(=O)c1cc(F)ccc1F. The molecule has 0 saturated carbocycles. The van der Waals surface area contributed by atoms with Crippen LogP contribution in [-0.4, -0.2) is 11.6 Å². The normalized spacial score (nSPS) is 10.1. The van der Waals surface area contributed by atoms with Crippen LogP contribution in [0.5, 0.6) is 0 Å². The van der Waals surface area contributed by atoms with Crippen LogP contribution in [0.1, 0.15) is 30.1 Å². The van der Waals surface area contributed by atoms with Crippen molar-refractivity contribution in [3.63, 3.8) is 0 Å². The highest BCUT2D eigenvalue weighted by molar-refractivity contribution is 5.98. The number of hydrogen-bond acceptors (Lipinski definition) is 2. The van der Waals surface area contributed by atoms with Crippen LogP contribution < -0.4 is 0 Å². The Morgan fingerprint density at radius 1 is 1.20 bits per heavy atom. The van der Waals surface area contributed by atoms with Crippen LogP contribution in [0.4, 0.5) is 8.78 Å². The lowest BCUT2D eigenvalue weighted by atomic mass is 10.0. The molecule has 0 aliphatic rings. The molecule has 0 unspecified atom stereocenters. The van der Waals surface area contributed by atoms with Gasteiger partial charge in [-0.1, -0.05) is 0 Å². The molecule has 0 saturated heterocycles. The standard InChI is InChI=1S/C11H10F2O2/c1-7(14)2-5-11(15)9-6-8(12)3-4-10(9)13/h3-4,6H,2,5H2,1H3. The Morgan fingerprint density at radius 2 is 1.87 bits per heavy atom. The van der Waals surface area contributed by atoms with Gasteiger partial charge in [-0.2, -0.15) is 0 Å². The molecule has 15 heavy (non-hydrogen) atoms. The van der Waals surface area contributed by atoms with Gasteiger partial charge in [0.25, 0.3) is 0 Å². The molecule has 80 valence electrons. The lowest BCUT2D eigenvalue weighted by molar-refractivity contribution is -0.116. The summed E-state index contributed by atoms with van der Waals surface area (Å²) in [7, 11) is 0. The number of carbonyl (C=O) groups is 2. The molecule has 0 heterocycles. The average molecular weight is 212 g/mol. The third-order valence-electron chi connectivity index (χ3n) is 1.93. The number of halogens is 2. The van der Waals surface area contributed by atoms with E-state index in [-0.39, 0.29) is 24.2 Å². The zero-order valence-corrected chi connectivity index (χ0v) is 8.22. The van der Waals surface area contributed by atoms with Gasteiger partial charge in [0, 0.05) is 12.8 Å². The third-order valence-corrected chi connectivity index (χ3v) is 1.93. The molecule has 4 heteroatoms. The lowest BCUT2D eigenvalue weighted by Crippen LogP contribution is -2.05. The highest BCUT2D eigenvalue weighted by atomic mass is 19.1. The maximum atomic E-state index is 13.1. The second kappa shape index (κ2) is 4.77. The zero-order chi connectivity index (χ0) is 11.4. The Bertz CT molecular complexity index is 400. The monoisotopic (exact) mass is 212 g/mol. The lowest BCUT2D eigenvalue weighted by Gasteiger charge is -2.01. The minimum atomic E-state index is -0.759. The fourth-order valence-electron chi connectivity index (χ4n) is 1.14. The Kier molecular flexibility index (Phi) is 3.66. The van der Waals surface area contributed by atoms with Gasteiger partial charge in [0.2, 0.25) is 0 Å². The van der Waals surface area contributed by atoms with Crippen molar-refractivity contribution in [3.8, 4) is 0 Å². The number of hydrogen-bond donors (Lipinski definition) is 0. The van der Waals surface area contributed by atoms with E-state index in [4.69, 9.17) is 0 Å². The van der Waals surface area contributed by atoms with Gasteiger partial charge < -0.3 is 4.79 Å². The number of benzene rings is 1. The fourth-order valence-corrected chi connectivity index (χ4v) is 1.14. The predicted octanol–water partition coefficient (Wildman–Crippen LogP) is 2.52. The van der Waals surface area contributed by atoms with Crippen molar-refractivity contribution in [2.24, 2.45) is 0 Å². The first-order valence-corrected chi connectivity index (χ1v) is 4.48. The van der Waals surface area contributed by atoms with Crippen molar-refractivity contribution in [3.05, 3.63) is 35.4 Å². The van der Waals surface area contributed by atoms with E-state index in [0.29, 0.717) is 0 Å². The molecular formula is C11H10F2O2. The molecule has 0 spiro atoms. The van der Waals surface area contributed by atoms with E-state index >= 15 is 0 Å². The maximum Gasteiger partial charge on any atom is 0.166 e. The number of rotatable bonds is 4. The molecule has 1 rings (SSSR count). The summed E-state index contributed by atoms with van der Waals surface area (Å²) < 4.78 is 25.8. The molecule has 0 aromatic heterocycles. The van der Waals surface area contributed by atoms with Crippen LogP contribution in [0.2, 0.25) is 0 Å². The van der Waals surface area contributed by atoms with Gasteiger partial charge in [-0.25, -0.2) is 8.78 Å². The third kappa shape index (κ3) is 3.23. The molecule has 2 nitrogen and oxygen atoms in total. The van der Waals surface area contributed by atoms with Crippen LogP contribution in [0.3, 0.4) is 0 Å². The smallest absolute Gasteiger partial charge is 0.166 e. The highest BCUT2D eigenvalue weighted by Gasteiger charge is 2.13. The van der Waals surface area contributed by atoms with E-state index in [1.54, 1.807) is 0 Å². The first kappa shape index (κ1) is 11.5. The molecule has 0 amide bonds. The summed E-state index contributed by atoms with van der Waals surface area (Å²) >= 11 is 0. The average Bonchev–Trinajstić information content (AvgIpc) is 2.18. The van der Waals surface area contributed by atoms with Crippen LogP contribution in [0.25, 0.3) is 0 Å². The number of carbonyl (C=O) groups excluding carboxylic acids is 2. The van der Waals surface area contributed by atoms with E-state index in [0.717, 1.165) is 18.2 Å². The second-order valence-corrected chi connectivity index (χ2v) is 3.25. The molecule has 0 aliphatic carbocycles. The molecule has 0 aliphatic heterocycles. The number of ketones is 2. The predicted molar refractivity (Wildman–Crippen MR) is 50.6 cm³/mol. The zero-order valence-electron chi connectivity index (χ0n) is 8.22. The summed E-state index contributed by atoms with van der Waals surface area (Å²) in [5.41, 5.74) is -0.295. The van der Waals surface area contributed by atoms with Crippen molar-refractivity contribution < 1.29 is 18.4 Å². The van der Waals surface area contributed by atoms with E-state index in [2.05, 4.69) is 0 Å². The Labute approximate surface area is 85.9 Å². The van der Waals surface area contributed by atoms with Gasteiger partial charge in [-0.15, -0.1) is 0 Å². The number of Topliss-reactive ketones (excluding diaryl/α,β-unsaturated/α-hetero) is 2. The Balaban J connectivity index is 2.81. The van der Waals surface area contributed by atoms with Gasteiger partial charge in [0.1, 0.15) is 17.4 Å². The molecule has 0 bridgehead atoms. The first-order chi connectivity index (χ1) is 7.00. The largest absolute Gasteiger partial charge is 0.300 e. The van der Waals surface area contributed by atoms with Crippen molar-refractivity contribution in [2.45, 2.75) is 19.8 Å². The molecule has 0 N–H and O–H groups in total. The second-order valence-electron chi connectivity index (χ2n) is 3.25. The minimum absolute atomic E-state index is 0.0504. The van der Waals surface area contributed by atoms with E-state index in [1.165, 1.54) is 6.92 Å². The van der Waals surface area contributed by atoms with E-state index in [9.17, 15) is 18.4 Å². The summed E-state index contributed by atoms with van der Waals surface area (Å²) in [6.45, 7) is 1.34. The van der Waals surface area contributed by atoms with Crippen LogP contribution in [0, 0.1) is 11.6 Å². The van der Waals surface area contributed by atoms with E-state index in [1.807, 2.05) is 0 Å².